The van der Waals surface area contributed by atoms with E-state index in [0.29, 0.717) is 6.61 Å². The van der Waals surface area contributed by atoms with Gasteiger partial charge in [-0.15, -0.1) is 0 Å². The van der Waals surface area contributed by atoms with Crippen LogP contribution in [0, 0.1) is 0 Å². The number of epoxide rings is 1. The number of halogens is 3. The predicted molar refractivity (Wildman–Crippen MR) is 46.8 cm³/mol. The molecule has 1 saturated heterocycles. The van der Waals surface area contributed by atoms with Gasteiger partial charge in [-0.1, -0.05) is 17.7 Å². The van der Waals surface area contributed by atoms with Gasteiger partial charge in [0.15, 0.2) is 0 Å². The van der Waals surface area contributed by atoms with Crippen LogP contribution in [-0.2, 0) is 4.74 Å². The van der Waals surface area contributed by atoms with Gasteiger partial charge in [-0.2, -0.15) is 8.78 Å². The molecule has 1 heterocycles. The Kier molecular flexibility index (Phi) is 2.56. The van der Waals surface area contributed by atoms with Crippen molar-refractivity contribution < 1.29 is 18.3 Å². The summed E-state index contributed by atoms with van der Waals surface area (Å²) in [5, 5.41) is 0.179. The summed E-state index contributed by atoms with van der Waals surface area (Å²) < 4.78 is 32.9. The number of benzene rings is 1. The third kappa shape index (κ3) is 2.13. The van der Waals surface area contributed by atoms with Gasteiger partial charge >= 0.3 is 6.61 Å². The van der Waals surface area contributed by atoms with E-state index in [9.17, 15) is 8.78 Å². The molecular weight excluding hydrogens is 214 g/mol. The molecule has 0 spiro atoms. The molecule has 76 valence electrons. The first kappa shape index (κ1) is 9.68. The van der Waals surface area contributed by atoms with Crippen molar-refractivity contribution in [3.63, 3.8) is 0 Å². The second kappa shape index (κ2) is 3.71. The lowest BCUT2D eigenvalue weighted by Gasteiger charge is -2.07. The second-order valence-corrected chi connectivity index (χ2v) is 3.30. The molecule has 1 aliphatic rings. The Labute approximate surface area is 84.4 Å². The fourth-order valence-electron chi connectivity index (χ4n) is 1.15. The summed E-state index contributed by atoms with van der Waals surface area (Å²) in [4.78, 5) is 0. The Morgan fingerprint density at radius 1 is 1.50 bits per heavy atom. The van der Waals surface area contributed by atoms with Crippen molar-refractivity contribution in [2.24, 2.45) is 0 Å². The normalized spacial score (nSPS) is 19.9. The zero-order valence-corrected chi connectivity index (χ0v) is 7.80. The highest BCUT2D eigenvalue weighted by atomic mass is 35.5. The van der Waals surface area contributed by atoms with E-state index in [1.54, 1.807) is 12.1 Å². The molecule has 0 saturated carbocycles. The van der Waals surface area contributed by atoms with E-state index in [2.05, 4.69) is 4.74 Å². The largest absolute Gasteiger partial charge is 0.433 e. The van der Waals surface area contributed by atoms with Gasteiger partial charge in [0.25, 0.3) is 0 Å². The van der Waals surface area contributed by atoms with Crippen LogP contribution in [0.4, 0.5) is 8.78 Å². The molecular formula is C9H7ClF2O2. The summed E-state index contributed by atoms with van der Waals surface area (Å²) in [6.07, 6.45) is 0.0631. The zero-order chi connectivity index (χ0) is 10.1. The maximum Gasteiger partial charge on any atom is 0.387 e. The van der Waals surface area contributed by atoms with Crippen molar-refractivity contribution in [2.75, 3.05) is 6.61 Å². The van der Waals surface area contributed by atoms with Gasteiger partial charge in [0, 0.05) is 0 Å². The minimum Gasteiger partial charge on any atom is -0.433 e. The lowest BCUT2D eigenvalue weighted by molar-refractivity contribution is -0.0497. The highest BCUT2D eigenvalue weighted by Gasteiger charge is 2.25. The average Bonchev–Trinajstić information content (AvgIpc) is 2.90. The second-order valence-electron chi connectivity index (χ2n) is 2.89. The highest BCUT2D eigenvalue weighted by molar-refractivity contribution is 6.32. The summed E-state index contributed by atoms with van der Waals surface area (Å²) in [7, 11) is 0. The van der Waals surface area contributed by atoms with Crippen LogP contribution in [0.2, 0.25) is 5.02 Å². The van der Waals surface area contributed by atoms with E-state index in [1.165, 1.54) is 6.07 Å². The molecule has 0 aromatic heterocycles. The van der Waals surface area contributed by atoms with Crippen LogP contribution in [0.1, 0.15) is 11.7 Å². The van der Waals surface area contributed by atoms with Gasteiger partial charge in [-0.05, 0) is 17.7 Å². The van der Waals surface area contributed by atoms with Crippen molar-refractivity contribution in [3.8, 4) is 5.75 Å². The van der Waals surface area contributed by atoms with Crippen molar-refractivity contribution >= 4 is 11.6 Å². The molecule has 0 aliphatic carbocycles. The monoisotopic (exact) mass is 220 g/mol. The number of ether oxygens (including phenoxy) is 2. The number of hydrogen-bond acceptors (Lipinski definition) is 2. The minimum absolute atomic E-state index is 0.00827. The summed E-state index contributed by atoms with van der Waals surface area (Å²) in [5.41, 5.74) is 0.886. The molecule has 2 nitrogen and oxygen atoms in total. The molecule has 0 radical (unpaired) electrons. The average molecular weight is 221 g/mol. The first-order chi connectivity index (χ1) is 6.66. The lowest BCUT2D eigenvalue weighted by atomic mass is 10.1. The number of rotatable bonds is 3. The molecule has 1 aromatic rings. The Hall–Kier alpha value is -0.870. The Morgan fingerprint density at radius 3 is 2.71 bits per heavy atom. The molecule has 5 heteroatoms. The third-order valence-electron chi connectivity index (χ3n) is 1.88. The first-order valence-electron chi connectivity index (χ1n) is 4.02. The van der Waals surface area contributed by atoms with Crippen LogP contribution < -0.4 is 4.74 Å². The van der Waals surface area contributed by atoms with Crippen LogP contribution in [0.15, 0.2) is 18.2 Å². The van der Waals surface area contributed by atoms with E-state index in [-0.39, 0.29) is 16.9 Å². The van der Waals surface area contributed by atoms with E-state index in [1.807, 2.05) is 0 Å². The van der Waals surface area contributed by atoms with Crippen molar-refractivity contribution in [1.29, 1.82) is 0 Å². The summed E-state index contributed by atoms with van der Waals surface area (Å²) in [6.45, 7) is -2.19. The summed E-state index contributed by atoms with van der Waals surface area (Å²) in [5.74, 6) is -0.00827. The molecule has 1 fully saturated rings. The Morgan fingerprint density at radius 2 is 2.21 bits per heavy atom. The predicted octanol–water partition coefficient (Wildman–Crippen LogP) is 3.01. The molecule has 0 unspecified atom stereocenters. The van der Waals surface area contributed by atoms with Gasteiger partial charge in [-0.3, -0.25) is 0 Å². The van der Waals surface area contributed by atoms with Gasteiger partial charge in [-0.25, -0.2) is 0 Å². The van der Waals surface area contributed by atoms with Gasteiger partial charge in [0.2, 0.25) is 0 Å². The van der Waals surface area contributed by atoms with Crippen LogP contribution in [0.25, 0.3) is 0 Å². The SMILES string of the molecule is FC(F)Oc1ccc([C@@H]2CO2)cc1Cl. The van der Waals surface area contributed by atoms with Crippen LogP contribution in [0.3, 0.4) is 0 Å². The minimum atomic E-state index is -2.85. The maximum atomic E-state index is 11.9. The third-order valence-corrected chi connectivity index (χ3v) is 2.17. The molecule has 0 bridgehead atoms. The van der Waals surface area contributed by atoms with E-state index in [0.717, 1.165) is 5.56 Å². The summed E-state index contributed by atoms with van der Waals surface area (Å²) >= 11 is 5.73. The summed E-state index contributed by atoms with van der Waals surface area (Å²) in [6, 6.07) is 4.67. The first-order valence-corrected chi connectivity index (χ1v) is 4.40. The Bertz CT molecular complexity index is 340. The molecule has 1 aromatic carbocycles. The molecule has 14 heavy (non-hydrogen) atoms. The van der Waals surface area contributed by atoms with Gasteiger partial charge < -0.3 is 9.47 Å². The highest BCUT2D eigenvalue weighted by Crippen LogP contribution is 2.35. The number of hydrogen-bond donors (Lipinski definition) is 0. The van der Waals surface area contributed by atoms with Crippen LogP contribution in [0.5, 0.6) is 5.75 Å². The molecule has 1 aliphatic heterocycles. The van der Waals surface area contributed by atoms with Crippen LogP contribution >= 0.6 is 11.6 Å². The Balaban J connectivity index is 2.17. The lowest BCUT2D eigenvalue weighted by Crippen LogP contribution is -2.02. The van der Waals surface area contributed by atoms with E-state index in [4.69, 9.17) is 16.3 Å². The van der Waals surface area contributed by atoms with E-state index < -0.39 is 6.61 Å². The topological polar surface area (TPSA) is 21.8 Å². The maximum absolute atomic E-state index is 11.9. The fraction of sp³-hybridized carbons (Fsp3) is 0.333. The molecule has 1 atom stereocenters. The molecule has 2 rings (SSSR count). The van der Waals surface area contributed by atoms with Crippen molar-refractivity contribution in [1.82, 2.24) is 0 Å². The van der Waals surface area contributed by atoms with Gasteiger partial charge in [0.05, 0.1) is 11.6 Å². The van der Waals surface area contributed by atoms with E-state index >= 15 is 0 Å². The standard InChI is InChI=1S/C9H7ClF2O2/c10-6-3-5(8-4-13-8)1-2-7(6)14-9(11)12/h1-3,8-9H,4H2/t8-/m0/s1. The molecule has 0 amide bonds. The van der Waals surface area contributed by atoms with Crippen molar-refractivity contribution in [3.05, 3.63) is 28.8 Å². The number of alkyl halides is 2. The van der Waals surface area contributed by atoms with Gasteiger partial charge in [0.1, 0.15) is 11.9 Å². The smallest absolute Gasteiger partial charge is 0.387 e. The zero-order valence-electron chi connectivity index (χ0n) is 7.04. The quantitative estimate of drug-likeness (QED) is 0.731. The fourth-order valence-corrected chi connectivity index (χ4v) is 1.38. The van der Waals surface area contributed by atoms with Crippen molar-refractivity contribution in [2.45, 2.75) is 12.7 Å². The molecule has 0 N–H and O–H groups in total. The van der Waals surface area contributed by atoms with Crippen LogP contribution in [-0.4, -0.2) is 13.2 Å².